The number of piperidine rings is 1. The van der Waals surface area contributed by atoms with Crippen molar-refractivity contribution in [3.05, 3.63) is 53.5 Å². The summed E-state index contributed by atoms with van der Waals surface area (Å²) in [7, 11) is 0. The molecule has 5 nitrogen and oxygen atoms in total. The van der Waals surface area contributed by atoms with Crippen molar-refractivity contribution in [3.63, 3.8) is 0 Å². The zero-order valence-electron chi connectivity index (χ0n) is 15.9. The Morgan fingerprint density at radius 2 is 1.92 bits per heavy atom. The molecule has 1 aliphatic rings. The monoisotopic (exact) mass is 354 g/mol. The predicted molar refractivity (Wildman–Crippen MR) is 105 cm³/mol. The van der Waals surface area contributed by atoms with Crippen molar-refractivity contribution >= 4 is 5.82 Å². The lowest BCUT2D eigenvalue weighted by atomic mass is 10.0. The van der Waals surface area contributed by atoms with Crippen LogP contribution in [-0.4, -0.2) is 40.8 Å². The number of aryl methyl sites for hydroxylation is 2. The van der Waals surface area contributed by atoms with Crippen LogP contribution in [-0.2, 0) is 6.42 Å². The van der Waals surface area contributed by atoms with Crippen LogP contribution in [0, 0.1) is 6.92 Å². The zero-order chi connectivity index (χ0) is 18.4. The second kappa shape index (κ2) is 9.10. The molecule has 5 heteroatoms. The molecule has 2 aromatic rings. The molecule has 1 atom stereocenters. The number of anilines is 1. The predicted octanol–water partition coefficient (Wildman–Crippen LogP) is 3.03. The first-order valence-corrected chi connectivity index (χ1v) is 9.71. The average molecular weight is 354 g/mol. The summed E-state index contributed by atoms with van der Waals surface area (Å²) in [4.78, 5) is 11.6. The molecule has 1 saturated heterocycles. The number of benzene rings is 1. The molecule has 0 unspecified atom stereocenters. The van der Waals surface area contributed by atoms with Gasteiger partial charge in [0.15, 0.2) is 0 Å². The third-order valence-electron chi connectivity index (χ3n) is 4.96. The van der Waals surface area contributed by atoms with Crippen molar-refractivity contribution in [2.45, 2.75) is 51.7 Å². The summed E-state index contributed by atoms with van der Waals surface area (Å²) >= 11 is 0. The van der Waals surface area contributed by atoms with Gasteiger partial charge in [0.2, 0.25) is 0 Å². The van der Waals surface area contributed by atoms with Crippen LogP contribution in [0.3, 0.4) is 0 Å². The van der Waals surface area contributed by atoms with E-state index >= 15 is 0 Å². The van der Waals surface area contributed by atoms with Gasteiger partial charge in [0.05, 0.1) is 6.10 Å². The molecule has 1 aromatic carbocycles. The van der Waals surface area contributed by atoms with Gasteiger partial charge in [-0.15, -0.1) is 0 Å². The van der Waals surface area contributed by atoms with Crippen LogP contribution in [0.15, 0.2) is 36.4 Å². The van der Waals surface area contributed by atoms with Gasteiger partial charge in [-0.1, -0.05) is 37.3 Å². The molecule has 0 bridgehead atoms. The molecule has 3 rings (SSSR count). The van der Waals surface area contributed by atoms with Gasteiger partial charge in [0.25, 0.3) is 0 Å². The van der Waals surface area contributed by atoms with E-state index in [0.717, 1.165) is 61.7 Å². The molecule has 2 heterocycles. The molecular weight excluding hydrogens is 324 g/mol. The van der Waals surface area contributed by atoms with E-state index < -0.39 is 6.10 Å². The Morgan fingerprint density at radius 1 is 1.19 bits per heavy atom. The van der Waals surface area contributed by atoms with Gasteiger partial charge in [-0.05, 0) is 31.7 Å². The molecule has 0 radical (unpaired) electrons. The van der Waals surface area contributed by atoms with Crippen LogP contribution < -0.4 is 10.2 Å². The number of aliphatic hydroxyl groups is 1. The number of aliphatic hydroxyl groups excluding tert-OH is 1. The summed E-state index contributed by atoms with van der Waals surface area (Å²) in [5.41, 5.74) is 2.02. The highest BCUT2D eigenvalue weighted by atomic mass is 16.3. The van der Waals surface area contributed by atoms with E-state index in [2.05, 4.69) is 28.2 Å². The smallest absolute Gasteiger partial charge is 0.132 e. The zero-order valence-corrected chi connectivity index (χ0v) is 15.9. The maximum atomic E-state index is 10.3. The fourth-order valence-electron chi connectivity index (χ4n) is 3.49. The fourth-order valence-corrected chi connectivity index (χ4v) is 3.49. The fraction of sp³-hybridized carbons (Fsp3) is 0.524. The Labute approximate surface area is 156 Å². The Hall–Kier alpha value is -1.98. The normalized spacial score (nSPS) is 16.7. The molecule has 0 amide bonds. The summed E-state index contributed by atoms with van der Waals surface area (Å²) in [6, 6.07) is 12.4. The van der Waals surface area contributed by atoms with Crippen LogP contribution in [0.5, 0.6) is 0 Å². The SMILES string of the molecule is CCCc1nc(C)cc(N2CCC(NC[C@@H](O)c3ccccc3)CC2)n1. The standard InChI is InChI=1S/C21H30N4O/c1-3-7-20-23-16(2)14-21(24-20)25-12-10-18(11-13-25)22-15-19(26)17-8-5-4-6-9-17/h4-6,8-9,14,18-19,22,26H,3,7,10-13,15H2,1-2H3/t19-/m1/s1. The van der Waals surface area contributed by atoms with E-state index in [1.807, 2.05) is 37.3 Å². The van der Waals surface area contributed by atoms with E-state index in [9.17, 15) is 5.11 Å². The van der Waals surface area contributed by atoms with E-state index in [4.69, 9.17) is 4.98 Å². The van der Waals surface area contributed by atoms with Crippen LogP contribution in [0.4, 0.5) is 5.82 Å². The molecule has 0 spiro atoms. The van der Waals surface area contributed by atoms with Crippen molar-refractivity contribution < 1.29 is 5.11 Å². The molecule has 0 saturated carbocycles. The second-order valence-corrected chi connectivity index (χ2v) is 7.13. The first-order chi connectivity index (χ1) is 12.7. The Morgan fingerprint density at radius 3 is 2.62 bits per heavy atom. The van der Waals surface area contributed by atoms with Gasteiger partial charge < -0.3 is 15.3 Å². The number of nitrogens with zero attached hydrogens (tertiary/aromatic N) is 3. The third-order valence-corrected chi connectivity index (χ3v) is 4.96. The van der Waals surface area contributed by atoms with Crippen LogP contribution in [0.25, 0.3) is 0 Å². The highest BCUT2D eigenvalue weighted by Gasteiger charge is 2.21. The van der Waals surface area contributed by atoms with Gasteiger partial charge in [-0.2, -0.15) is 0 Å². The van der Waals surface area contributed by atoms with Gasteiger partial charge in [-0.3, -0.25) is 0 Å². The number of hydrogen-bond donors (Lipinski definition) is 2. The lowest BCUT2D eigenvalue weighted by Crippen LogP contribution is -2.44. The first-order valence-electron chi connectivity index (χ1n) is 9.71. The minimum absolute atomic E-state index is 0.447. The number of hydrogen-bond acceptors (Lipinski definition) is 5. The van der Waals surface area contributed by atoms with E-state index in [0.29, 0.717) is 12.6 Å². The number of nitrogens with one attached hydrogen (secondary N) is 1. The topological polar surface area (TPSA) is 61.3 Å². The maximum absolute atomic E-state index is 10.3. The average Bonchev–Trinajstić information content (AvgIpc) is 2.67. The van der Waals surface area contributed by atoms with Crippen LogP contribution in [0.1, 0.15) is 49.4 Å². The van der Waals surface area contributed by atoms with Crippen molar-refractivity contribution in [2.24, 2.45) is 0 Å². The lowest BCUT2D eigenvalue weighted by molar-refractivity contribution is 0.167. The second-order valence-electron chi connectivity index (χ2n) is 7.13. The van der Waals surface area contributed by atoms with Crippen molar-refractivity contribution in [3.8, 4) is 0 Å². The molecular formula is C21H30N4O. The number of rotatable bonds is 7. The summed E-state index contributed by atoms with van der Waals surface area (Å²) in [6.07, 6.45) is 3.68. The van der Waals surface area contributed by atoms with Crippen molar-refractivity contribution in [1.82, 2.24) is 15.3 Å². The lowest BCUT2D eigenvalue weighted by Gasteiger charge is -2.34. The summed E-state index contributed by atoms with van der Waals surface area (Å²) in [6.45, 7) is 6.78. The van der Waals surface area contributed by atoms with Gasteiger partial charge in [0.1, 0.15) is 11.6 Å². The Kier molecular flexibility index (Phi) is 6.58. The quantitative estimate of drug-likeness (QED) is 0.800. The largest absolute Gasteiger partial charge is 0.387 e. The Balaban J connectivity index is 1.50. The van der Waals surface area contributed by atoms with Crippen molar-refractivity contribution in [1.29, 1.82) is 0 Å². The van der Waals surface area contributed by atoms with Gasteiger partial charge in [0, 0.05) is 43.9 Å². The molecule has 1 aromatic heterocycles. The van der Waals surface area contributed by atoms with E-state index in [1.165, 1.54) is 0 Å². The maximum Gasteiger partial charge on any atom is 0.132 e. The minimum atomic E-state index is -0.449. The minimum Gasteiger partial charge on any atom is -0.387 e. The molecule has 26 heavy (non-hydrogen) atoms. The van der Waals surface area contributed by atoms with E-state index in [-0.39, 0.29) is 0 Å². The van der Waals surface area contributed by atoms with Crippen LogP contribution >= 0.6 is 0 Å². The van der Waals surface area contributed by atoms with Crippen molar-refractivity contribution in [2.75, 3.05) is 24.5 Å². The summed E-state index contributed by atoms with van der Waals surface area (Å²) in [5, 5.41) is 13.8. The van der Waals surface area contributed by atoms with Gasteiger partial charge in [-0.25, -0.2) is 9.97 Å². The van der Waals surface area contributed by atoms with Crippen LogP contribution in [0.2, 0.25) is 0 Å². The molecule has 1 aliphatic heterocycles. The molecule has 2 N–H and O–H groups in total. The molecule has 0 aliphatic carbocycles. The van der Waals surface area contributed by atoms with Gasteiger partial charge >= 0.3 is 0 Å². The summed E-state index contributed by atoms with van der Waals surface area (Å²) in [5.74, 6) is 2.01. The summed E-state index contributed by atoms with van der Waals surface area (Å²) < 4.78 is 0. The highest BCUT2D eigenvalue weighted by Crippen LogP contribution is 2.20. The number of aromatic nitrogens is 2. The third kappa shape index (κ3) is 5.02. The first kappa shape index (κ1) is 18.8. The molecule has 1 fully saturated rings. The highest BCUT2D eigenvalue weighted by molar-refractivity contribution is 5.40. The molecule has 140 valence electrons. The Bertz CT molecular complexity index is 684. The van der Waals surface area contributed by atoms with E-state index in [1.54, 1.807) is 0 Å².